The highest BCUT2D eigenvalue weighted by atomic mass is 32.1. The first-order chi connectivity index (χ1) is 17.4. The largest absolute Gasteiger partial charge is 0.332 e. The maximum absolute atomic E-state index is 13.9. The monoisotopic (exact) mass is 501 g/mol. The van der Waals surface area contributed by atoms with E-state index in [1.54, 1.807) is 19.2 Å². The molecule has 5 atom stereocenters. The van der Waals surface area contributed by atoms with E-state index in [-0.39, 0.29) is 5.78 Å². The number of carbonyl (C=O) groups excluding carboxylic acids is 1. The van der Waals surface area contributed by atoms with Gasteiger partial charge in [0.25, 0.3) is 5.91 Å². The van der Waals surface area contributed by atoms with Crippen LogP contribution in [0.3, 0.4) is 0 Å². The molecule has 7 nitrogen and oxygen atoms in total. The van der Waals surface area contributed by atoms with Crippen LogP contribution in [0.1, 0.15) is 32.6 Å². The Hall–Kier alpha value is -2.98. The molecule has 4 heterocycles. The normalized spacial score (nSPS) is 33.7. The second-order valence-electron chi connectivity index (χ2n) is 9.40. The average molecular weight is 502 g/mol. The molecule has 0 amide bonds. The van der Waals surface area contributed by atoms with Gasteiger partial charge in [-0.1, -0.05) is 78.4 Å². The summed E-state index contributed by atoms with van der Waals surface area (Å²) in [6, 6.07) is 22.8. The Bertz CT molecular complexity index is 1440. The van der Waals surface area contributed by atoms with Gasteiger partial charge in [0.1, 0.15) is 4.99 Å². The number of fused-ring (bicyclic) bond motifs is 11. The zero-order valence-electron chi connectivity index (χ0n) is 19.9. The summed E-state index contributed by atoms with van der Waals surface area (Å²) in [5, 5.41) is 0. The Morgan fingerprint density at radius 3 is 2.19 bits per heavy atom. The zero-order chi connectivity index (χ0) is 24.9. The molecule has 2 saturated heterocycles. The lowest BCUT2D eigenvalue weighted by molar-refractivity contribution is -0.364. The molecule has 3 aromatic carbocycles. The number of ether oxygens (including phenoxy) is 5. The predicted molar refractivity (Wildman–Crippen MR) is 133 cm³/mol. The van der Waals surface area contributed by atoms with Gasteiger partial charge in [-0.15, -0.1) is 0 Å². The van der Waals surface area contributed by atoms with Crippen LogP contribution < -0.4 is 4.90 Å². The fourth-order valence-corrected chi connectivity index (χ4v) is 6.51. The molecule has 7 rings (SSSR count). The van der Waals surface area contributed by atoms with E-state index in [4.69, 9.17) is 35.9 Å². The molecule has 2 fully saturated rings. The summed E-state index contributed by atoms with van der Waals surface area (Å²) in [5.41, 5.74) is 2.93. The van der Waals surface area contributed by atoms with Gasteiger partial charge in [0, 0.05) is 36.6 Å². The van der Waals surface area contributed by atoms with Crippen molar-refractivity contribution in [3.8, 4) is 0 Å². The van der Waals surface area contributed by atoms with Gasteiger partial charge in [-0.25, -0.2) is 0 Å². The number of anilines is 1. The van der Waals surface area contributed by atoms with Crippen molar-refractivity contribution in [2.24, 2.45) is 0 Å². The number of hydrogen-bond donors (Lipinski definition) is 0. The van der Waals surface area contributed by atoms with Crippen LogP contribution >= 0.6 is 12.2 Å². The van der Waals surface area contributed by atoms with Gasteiger partial charge in [-0.05, 0) is 19.1 Å². The smallest absolute Gasteiger partial charge is 0.314 e. The molecular formula is C28H23NO6S. The Balaban J connectivity index is 1.50. The van der Waals surface area contributed by atoms with Crippen molar-refractivity contribution in [1.29, 1.82) is 0 Å². The fraction of sp³-hybridized carbons (Fsp3) is 0.286. The van der Waals surface area contributed by atoms with Crippen molar-refractivity contribution in [2.45, 2.75) is 36.6 Å². The highest BCUT2D eigenvalue weighted by molar-refractivity contribution is 7.80. The van der Waals surface area contributed by atoms with Crippen molar-refractivity contribution < 1.29 is 28.5 Å². The predicted octanol–water partition coefficient (Wildman–Crippen LogP) is 4.26. The second kappa shape index (κ2) is 7.29. The third-order valence-electron chi connectivity index (χ3n) is 7.66. The van der Waals surface area contributed by atoms with Crippen molar-refractivity contribution in [2.75, 3.05) is 19.1 Å². The van der Waals surface area contributed by atoms with Crippen LogP contribution in [0.5, 0.6) is 0 Å². The van der Waals surface area contributed by atoms with Gasteiger partial charge in [0.15, 0.2) is 23.6 Å². The van der Waals surface area contributed by atoms with Gasteiger partial charge in [0.2, 0.25) is 0 Å². The molecule has 0 aliphatic carbocycles. The van der Waals surface area contributed by atoms with Crippen LogP contribution in [-0.2, 0) is 41.2 Å². The Labute approximate surface area is 213 Å². The highest BCUT2D eigenvalue weighted by Gasteiger charge is 2.76. The van der Waals surface area contributed by atoms with Gasteiger partial charge >= 0.3 is 5.97 Å². The van der Waals surface area contributed by atoms with Crippen LogP contribution in [-0.4, -0.2) is 37.2 Å². The van der Waals surface area contributed by atoms with E-state index in [9.17, 15) is 4.79 Å². The van der Waals surface area contributed by atoms with Crippen LogP contribution in [0.15, 0.2) is 72.8 Å². The fourth-order valence-electron chi connectivity index (χ4n) is 6.06. The van der Waals surface area contributed by atoms with Gasteiger partial charge in [0.05, 0.1) is 5.56 Å². The third-order valence-corrected chi connectivity index (χ3v) is 8.06. The molecular weight excluding hydrogens is 478 g/mol. The van der Waals surface area contributed by atoms with Crippen molar-refractivity contribution in [3.63, 3.8) is 0 Å². The number of ketones is 1. The quantitative estimate of drug-likeness (QED) is 0.494. The highest BCUT2D eigenvalue weighted by Crippen LogP contribution is 2.63. The number of Topliss-reactive ketones (excluding diaryl/α,β-unsaturated/α-hetero) is 1. The van der Waals surface area contributed by atoms with Gasteiger partial charge in [-0.2, -0.15) is 0 Å². The lowest BCUT2D eigenvalue weighted by Crippen LogP contribution is -2.56. The summed E-state index contributed by atoms with van der Waals surface area (Å²) >= 11 is 6.08. The van der Waals surface area contributed by atoms with Crippen LogP contribution in [0, 0.1) is 6.92 Å². The van der Waals surface area contributed by atoms with Gasteiger partial charge in [-0.3, -0.25) is 9.69 Å². The minimum absolute atomic E-state index is 0.212. The van der Waals surface area contributed by atoms with Crippen molar-refractivity contribution in [3.05, 3.63) is 101 Å². The number of thiocarbonyl (C=S) groups is 1. The molecule has 4 aliphatic rings. The molecule has 8 heteroatoms. The first kappa shape index (κ1) is 22.2. The molecule has 182 valence electrons. The Morgan fingerprint density at radius 1 is 0.833 bits per heavy atom. The summed E-state index contributed by atoms with van der Waals surface area (Å²) in [6.07, 6.45) is -1.92. The van der Waals surface area contributed by atoms with Crippen LogP contribution in [0.2, 0.25) is 0 Å². The first-order valence-corrected chi connectivity index (χ1v) is 12.1. The number of rotatable bonds is 3. The lowest BCUT2D eigenvalue weighted by atomic mass is 9.76. The molecule has 0 N–H and O–H groups in total. The molecule has 4 bridgehead atoms. The Kier molecular flexibility index (Phi) is 4.50. The van der Waals surface area contributed by atoms with Crippen molar-refractivity contribution >= 4 is 28.7 Å². The van der Waals surface area contributed by atoms with E-state index in [1.165, 1.54) is 7.11 Å². The molecule has 36 heavy (non-hydrogen) atoms. The number of aryl methyl sites for hydroxylation is 1. The topological polar surface area (TPSA) is 66.5 Å². The van der Waals surface area contributed by atoms with E-state index in [2.05, 4.69) is 0 Å². The number of carbonyl (C=O) groups is 1. The van der Waals surface area contributed by atoms with E-state index in [0.29, 0.717) is 27.2 Å². The molecule has 0 radical (unpaired) electrons. The lowest BCUT2D eigenvalue weighted by Gasteiger charge is -2.44. The molecule has 5 unspecified atom stereocenters. The molecule has 0 saturated carbocycles. The molecule has 0 aromatic heterocycles. The first-order valence-electron chi connectivity index (χ1n) is 11.7. The Morgan fingerprint density at radius 2 is 1.50 bits per heavy atom. The zero-order valence-corrected chi connectivity index (χ0v) is 20.7. The SMILES string of the molecule is COC12OC(C(=O)c3ccccc31)C1(O2)c2ccccc2C2(OC)OC1C(=S)N2c1ccc(C)cc1. The summed E-state index contributed by atoms with van der Waals surface area (Å²) < 4.78 is 31.8. The summed E-state index contributed by atoms with van der Waals surface area (Å²) in [7, 11) is 3.09. The van der Waals surface area contributed by atoms with Crippen LogP contribution in [0.4, 0.5) is 5.69 Å². The second-order valence-corrected chi connectivity index (χ2v) is 9.82. The number of nitrogens with zero attached hydrogens (tertiary/aromatic N) is 1. The number of methoxy groups -OCH3 is 2. The molecule has 1 spiro atoms. The summed E-state index contributed by atoms with van der Waals surface area (Å²) in [5.74, 6) is -3.14. The van der Waals surface area contributed by atoms with Gasteiger partial charge < -0.3 is 23.7 Å². The standard InChI is InChI=1S/C28H23NO6S/c1-16-12-14-17(15-13-16)29-25(36)24-26(20-10-6-7-11-21(20)27(29,31-2)33-24)23-22(30)18-8-4-5-9-19(18)28(32-3,34-23)35-26/h4-15,23-24H,1-3H3. The van der Waals surface area contributed by atoms with E-state index < -0.39 is 29.7 Å². The number of benzene rings is 3. The minimum Gasteiger partial charge on any atom is -0.332 e. The minimum atomic E-state index is -1.59. The number of hydrogen-bond acceptors (Lipinski definition) is 7. The molecule has 3 aromatic rings. The average Bonchev–Trinajstić information content (AvgIpc) is 3.38. The summed E-state index contributed by atoms with van der Waals surface area (Å²) in [4.78, 5) is 16.2. The van der Waals surface area contributed by atoms with E-state index in [0.717, 1.165) is 11.3 Å². The van der Waals surface area contributed by atoms with Crippen LogP contribution in [0.25, 0.3) is 0 Å². The maximum atomic E-state index is 13.9. The van der Waals surface area contributed by atoms with Crippen molar-refractivity contribution in [1.82, 2.24) is 0 Å². The summed E-state index contributed by atoms with van der Waals surface area (Å²) in [6.45, 7) is 2.02. The molecule has 4 aliphatic heterocycles. The van der Waals surface area contributed by atoms with E-state index >= 15 is 0 Å². The maximum Gasteiger partial charge on any atom is 0.314 e. The third kappa shape index (κ3) is 2.44. The van der Waals surface area contributed by atoms with E-state index in [1.807, 2.05) is 72.5 Å².